The van der Waals surface area contributed by atoms with Crippen molar-refractivity contribution in [1.82, 2.24) is 14.8 Å². The lowest BCUT2D eigenvalue weighted by Gasteiger charge is -2.38. The van der Waals surface area contributed by atoms with Crippen molar-refractivity contribution in [3.05, 3.63) is 91.0 Å². The topological polar surface area (TPSA) is 52.0 Å². The molecule has 4 aromatic rings. The molecule has 32 heavy (non-hydrogen) atoms. The summed E-state index contributed by atoms with van der Waals surface area (Å²) in [4.78, 5) is 5.86. The van der Waals surface area contributed by atoms with Crippen molar-refractivity contribution in [2.75, 3.05) is 11.6 Å². The van der Waals surface area contributed by atoms with Crippen molar-refractivity contribution < 1.29 is 4.74 Å². The van der Waals surface area contributed by atoms with Gasteiger partial charge in [0.15, 0.2) is 6.10 Å². The van der Waals surface area contributed by atoms with Gasteiger partial charge < -0.3 is 10.1 Å². The van der Waals surface area contributed by atoms with E-state index in [9.17, 15) is 0 Å². The molecule has 0 saturated heterocycles. The number of hydrogen-bond donors (Lipinski definition) is 1. The van der Waals surface area contributed by atoms with Crippen LogP contribution in [0.15, 0.2) is 75.2 Å². The molecular formula is C23H16BrClN4OS2. The van der Waals surface area contributed by atoms with Crippen molar-refractivity contribution in [2.24, 2.45) is 0 Å². The number of fused-ring (bicyclic) bond motifs is 3. The highest BCUT2D eigenvalue weighted by Crippen LogP contribution is 2.52. The molecule has 1 N–H and O–H groups in total. The van der Waals surface area contributed by atoms with E-state index in [4.69, 9.17) is 26.4 Å². The van der Waals surface area contributed by atoms with E-state index >= 15 is 0 Å². The van der Waals surface area contributed by atoms with E-state index < -0.39 is 0 Å². The molecule has 5 nitrogen and oxygen atoms in total. The molecular weight excluding hydrogens is 528 g/mol. The van der Waals surface area contributed by atoms with Crippen molar-refractivity contribution >= 4 is 62.3 Å². The van der Waals surface area contributed by atoms with Crippen LogP contribution in [0.5, 0.6) is 5.75 Å². The maximum atomic E-state index is 6.60. The van der Waals surface area contributed by atoms with Gasteiger partial charge in [0.05, 0.1) is 5.70 Å². The van der Waals surface area contributed by atoms with Gasteiger partial charge in [-0.25, -0.2) is 4.68 Å². The first kappa shape index (κ1) is 20.4. The number of thiophene rings is 1. The molecule has 0 amide bonds. The number of ether oxygens (including phenoxy) is 1. The second-order valence-corrected chi connectivity index (χ2v) is 10.5. The Balaban J connectivity index is 1.64. The molecule has 2 aliphatic rings. The fourth-order valence-electron chi connectivity index (χ4n) is 4.21. The molecule has 2 aromatic heterocycles. The van der Waals surface area contributed by atoms with Gasteiger partial charge in [-0.3, -0.25) is 0 Å². The van der Waals surface area contributed by atoms with Crippen LogP contribution in [0.4, 0.5) is 5.95 Å². The third-order valence-electron chi connectivity index (χ3n) is 5.58. The summed E-state index contributed by atoms with van der Waals surface area (Å²) < 4.78 is 9.60. The highest BCUT2D eigenvalue weighted by atomic mass is 79.9. The van der Waals surface area contributed by atoms with E-state index in [1.165, 1.54) is 11.8 Å². The van der Waals surface area contributed by atoms with Crippen LogP contribution in [0, 0.1) is 0 Å². The maximum Gasteiger partial charge on any atom is 0.227 e. The number of halogens is 2. The number of anilines is 1. The number of benzene rings is 2. The molecule has 0 bridgehead atoms. The summed E-state index contributed by atoms with van der Waals surface area (Å²) in [6.07, 6.45) is 1.73. The minimum absolute atomic E-state index is 0.179. The lowest BCUT2D eigenvalue weighted by atomic mass is 9.86. The van der Waals surface area contributed by atoms with Crippen LogP contribution < -0.4 is 10.1 Å². The summed E-state index contributed by atoms with van der Waals surface area (Å²) in [5, 5.41) is 11.8. The minimum atomic E-state index is -0.255. The first-order valence-corrected chi connectivity index (χ1v) is 13.2. The van der Waals surface area contributed by atoms with Gasteiger partial charge in [-0.15, -0.1) is 16.4 Å². The van der Waals surface area contributed by atoms with Crippen molar-refractivity contribution in [2.45, 2.75) is 17.3 Å². The summed E-state index contributed by atoms with van der Waals surface area (Å²) in [6.45, 7) is 0. The van der Waals surface area contributed by atoms with Gasteiger partial charge in [0.25, 0.3) is 0 Å². The number of nitrogens with one attached hydrogen (secondary N) is 1. The van der Waals surface area contributed by atoms with Gasteiger partial charge >= 0.3 is 0 Å². The molecule has 0 saturated carbocycles. The highest BCUT2D eigenvalue weighted by molar-refractivity contribution is 9.10. The van der Waals surface area contributed by atoms with E-state index in [1.54, 1.807) is 11.3 Å². The molecule has 0 radical (unpaired) electrons. The standard InChI is InChI=1S/C23H16BrClN4OS2/c1-31-23-27-22-26-19-15-11-14(25)8-9-16(15)30-21(17-3-2-10-32-17)18(19)20(29(22)28-23)12-4-6-13(24)7-5-12/h2-11,20-21H,1H3,(H,26,27,28)/t20-,21+/m0/s1. The molecule has 2 aliphatic heterocycles. The third-order valence-corrected chi connectivity index (χ3v) is 7.80. The zero-order valence-electron chi connectivity index (χ0n) is 16.8. The Morgan fingerprint density at radius 1 is 1.19 bits per heavy atom. The van der Waals surface area contributed by atoms with E-state index in [-0.39, 0.29) is 12.1 Å². The second-order valence-electron chi connectivity index (χ2n) is 7.43. The molecule has 0 spiro atoms. The number of rotatable bonds is 3. The molecule has 2 aromatic carbocycles. The van der Waals surface area contributed by atoms with Crippen LogP contribution in [0.25, 0.3) is 5.70 Å². The van der Waals surface area contributed by atoms with Crippen molar-refractivity contribution in [3.63, 3.8) is 0 Å². The fourth-order valence-corrected chi connectivity index (χ4v) is 5.77. The third kappa shape index (κ3) is 3.28. The van der Waals surface area contributed by atoms with E-state index in [0.717, 1.165) is 42.7 Å². The molecule has 4 heterocycles. The van der Waals surface area contributed by atoms with E-state index in [2.05, 4.69) is 63.0 Å². The Bertz CT molecular complexity index is 1350. The van der Waals surface area contributed by atoms with Crippen LogP contribution in [0.1, 0.15) is 28.1 Å². The normalized spacial score (nSPS) is 19.0. The fraction of sp³-hybridized carbons (Fsp3) is 0.130. The molecule has 2 atom stereocenters. The monoisotopic (exact) mass is 542 g/mol. The Morgan fingerprint density at radius 3 is 2.78 bits per heavy atom. The molecule has 160 valence electrons. The molecule has 0 unspecified atom stereocenters. The highest BCUT2D eigenvalue weighted by Gasteiger charge is 2.41. The van der Waals surface area contributed by atoms with Gasteiger partial charge in [0.1, 0.15) is 11.8 Å². The SMILES string of the molecule is CSc1nc2n(n1)[C@@H](c1ccc(Br)cc1)C1=C(N2)c2cc(Cl)ccc2O[C@@H]1c1cccs1. The largest absolute Gasteiger partial charge is 0.480 e. The summed E-state index contributed by atoms with van der Waals surface area (Å²) in [5.74, 6) is 1.51. The zero-order valence-corrected chi connectivity index (χ0v) is 20.7. The number of thioether (sulfide) groups is 1. The smallest absolute Gasteiger partial charge is 0.227 e. The lowest BCUT2D eigenvalue weighted by molar-refractivity contribution is 0.226. The first-order valence-electron chi connectivity index (χ1n) is 9.89. The van der Waals surface area contributed by atoms with Crippen LogP contribution in [0.2, 0.25) is 5.02 Å². The van der Waals surface area contributed by atoms with Gasteiger partial charge in [0.2, 0.25) is 11.1 Å². The molecule has 9 heteroatoms. The molecule has 6 rings (SSSR count). The summed E-state index contributed by atoms with van der Waals surface area (Å²) in [5.41, 5.74) is 4.11. The average molecular weight is 544 g/mol. The van der Waals surface area contributed by atoms with Crippen LogP contribution in [0.3, 0.4) is 0 Å². The Hall–Kier alpha value is -2.26. The zero-order chi connectivity index (χ0) is 21.8. The Labute approximate surface area is 206 Å². The van der Waals surface area contributed by atoms with Crippen molar-refractivity contribution in [3.8, 4) is 5.75 Å². The summed E-state index contributed by atoms with van der Waals surface area (Å²) >= 11 is 13.2. The maximum absolute atomic E-state index is 6.60. The number of aromatic nitrogens is 3. The van der Waals surface area contributed by atoms with E-state index in [0.29, 0.717) is 11.0 Å². The summed E-state index contributed by atoms with van der Waals surface area (Å²) in [7, 11) is 0. The first-order chi connectivity index (χ1) is 15.6. The Kier molecular flexibility index (Phi) is 5.06. The minimum Gasteiger partial charge on any atom is -0.480 e. The average Bonchev–Trinajstić information content (AvgIpc) is 3.48. The predicted octanol–water partition coefficient (Wildman–Crippen LogP) is 7.04. The molecule has 0 fully saturated rings. The molecule has 0 aliphatic carbocycles. The number of nitrogens with zero attached hydrogens (tertiary/aromatic N) is 3. The van der Waals surface area contributed by atoms with Gasteiger partial charge in [-0.05, 0) is 53.6 Å². The summed E-state index contributed by atoms with van der Waals surface area (Å²) in [6, 6.07) is 18.1. The quantitative estimate of drug-likeness (QED) is 0.281. The second kappa shape index (κ2) is 7.95. The van der Waals surface area contributed by atoms with Gasteiger partial charge in [0, 0.05) is 25.5 Å². The van der Waals surface area contributed by atoms with Crippen LogP contribution in [-0.4, -0.2) is 21.0 Å². The van der Waals surface area contributed by atoms with Gasteiger partial charge in [-0.2, -0.15) is 4.98 Å². The van der Waals surface area contributed by atoms with Crippen LogP contribution >= 0.6 is 50.6 Å². The lowest BCUT2D eigenvalue weighted by Crippen LogP contribution is -2.32. The van der Waals surface area contributed by atoms with Crippen molar-refractivity contribution in [1.29, 1.82) is 0 Å². The predicted molar refractivity (Wildman–Crippen MR) is 134 cm³/mol. The van der Waals surface area contributed by atoms with Crippen LogP contribution in [-0.2, 0) is 0 Å². The number of hydrogen-bond acceptors (Lipinski definition) is 6. The Morgan fingerprint density at radius 2 is 2.03 bits per heavy atom. The van der Waals surface area contributed by atoms with Gasteiger partial charge in [-0.1, -0.05) is 57.5 Å². The van der Waals surface area contributed by atoms with E-state index in [1.807, 2.05) is 29.1 Å².